The molecule has 8 nitrogen and oxygen atoms in total. The number of hydrogen-bond donors (Lipinski definition) is 3. The van der Waals surface area contributed by atoms with E-state index in [0.717, 1.165) is 0 Å². The molecule has 0 fully saturated rings. The molecular weight excluding hydrogens is 230 g/mol. The molecule has 0 aromatic carbocycles. The van der Waals surface area contributed by atoms with E-state index >= 15 is 0 Å². The molecule has 0 unspecified atom stereocenters. The van der Waals surface area contributed by atoms with Crippen LogP contribution < -0.4 is 16.5 Å². The second-order valence-corrected chi connectivity index (χ2v) is 3.35. The Morgan fingerprint density at radius 1 is 1.18 bits per heavy atom. The van der Waals surface area contributed by atoms with Gasteiger partial charge in [-0.05, 0) is 13.8 Å². The minimum Gasteiger partial charge on any atom is -0.467 e. The van der Waals surface area contributed by atoms with Crippen molar-refractivity contribution in [2.45, 2.75) is 25.9 Å². The Labute approximate surface area is 98.8 Å². The van der Waals surface area contributed by atoms with Gasteiger partial charge in [0.05, 0.1) is 7.11 Å². The fourth-order valence-electron chi connectivity index (χ4n) is 0.998. The summed E-state index contributed by atoms with van der Waals surface area (Å²) in [6, 6.07) is -1.58. The average Bonchev–Trinajstić information content (AvgIpc) is 2.27. The van der Waals surface area contributed by atoms with Gasteiger partial charge >= 0.3 is 5.97 Å². The van der Waals surface area contributed by atoms with E-state index in [4.69, 9.17) is 5.90 Å². The van der Waals surface area contributed by atoms with Gasteiger partial charge in [0, 0.05) is 0 Å². The molecule has 0 aliphatic heterocycles. The maximum Gasteiger partial charge on any atom is 0.328 e. The largest absolute Gasteiger partial charge is 0.467 e. The number of amides is 2. The van der Waals surface area contributed by atoms with Gasteiger partial charge in [-0.1, -0.05) is 0 Å². The summed E-state index contributed by atoms with van der Waals surface area (Å²) >= 11 is 0. The molecule has 0 aromatic heterocycles. The third kappa shape index (κ3) is 5.83. The Hall–Kier alpha value is -1.67. The molecule has 0 saturated heterocycles. The van der Waals surface area contributed by atoms with Crippen molar-refractivity contribution in [2.75, 3.05) is 13.7 Å². The van der Waals surface area contributed by atoms with Gasteiger partial charge in [0.15, 0.2) is 0 Å². The Bertz CT molecular complexity index is 294. The summed E-state index contributed by atoms with van der Waals surface area (Å²) in [6.45, 7) is 2.60. The first-order chi connectivity index (χ1) is 7.92. The van der Waals surface area contributed by atoms with Crippen LogP contribution in [0.2, 0.25) is 0 Å². The molecule has 98 valence electrons. The van der Waals surface area contributed by atoms with Crippen LogP contribution in [0.5, 0.6) is 0 Å². The summed E-state index contributed by atoms with van der Waals surface area (Å²) in [5.74, 6) is 3.10. The molecule has 0 aromatic rings. The molecule has 4 N–H and O–H groups in total. The minimum absolute atomic E-state index is 0.343. The van der Waals surface area contributed by atoms with Crippen LogP contribution in [-0.4, -0.2) is 43.6 Å². The molecule has 0 spiro atoms. The minimum atomic E-state index is -0.801. The standard InChI is InChI=1S/C9H17N3O5/c1-5(11-7(13)4-17-10)8(14)12-6(2)9(15)16-3/h5-6H,4,10H2,1-3H3,(H,11,13)(H,12,14)/t5-,6-/m0/s1. The maximum absolute atomic E-state index is 11.5. The lowest BCUT2D eigenvalue weighted by atomic mass is 10.2. The van der Waals surface area contributed by atoms with Crippen LogP contribution >= 0.6 is 0 Å². The normalized spacial score (nSPS) is 13.4. The molecule has 0 bridgehead atoms. The zero-order valence-electron chi connectivity index (χ0n) is 9.98. The number of esters is 1. The van der Waals surface area contributed by atoms with Crippen molar-refractivity contribution in [2.24, 2.45) is 5.90 Å². The number of carbonyl (C=O) groups excluding carboxylic acids is 3. The molecule has 17 heavy (non-hydrogen) atoms. The summed E-state index contributed by atoms with van der Waals surface area (Å²) in [5.41, 5.74) is 0. The van der Waals surface area contributed by atoms with Gasteiger partial charge in [0.1, 0.15) is 18.7 Å². The number of hydrogen-bond acceptors (Lipinski definition) is 6. The topological polar surface area (TPSA) is 120 Å². The smallest absolute Gasteiger partial charge is 0.328 e. The number of carbonyl (C=O) groups is 3. The van der Waals surface area contributed by atoms with Crippen LogP contribution in [-0.2, 0) is 24.0 Å². The molecule has 0 radical (unpaired) electrons. The highest BCUT2D eigenvalue weighted by Crippen LogP contribution is 1.89. The van der Waals surface area contributed by atoms with E-state index in [9.17, 15) is 14.4 Å². The van der Waals surface area contributed by atoms with Crippen molar-refractivity contribution in [1.82, 2.24) is 10.6 Å². The van der Waals surface area contributed by atoms with Crippen molar-refractivity contribution in [3.05, 3.63) is 0 Å². The maximum atomic E-state index is 11.5. The zero-order valence-corrected chi connectivity index (χ0v) is 9.98. The van der Waals surface area contributed by atoms with Crippen LogP contribution in [0.4, 0.5) is 0 Å². The number of nitrogens with one attached hydrogen (secondary N) is 2. The monoisotopic (exact) mass is 247 g/mol. The lowest BCUT2D eigenvalue weighted by Gasteiger charge is -2.16. The van der Waals surface area contributed by atoms with Gasteiger partial charge in [-0.15, -0.1) is 0 Å². The Balaban J connectivity index is 4.13. The average molecular weight is 247 g/mol. The quantitative estimate of drug-likeness (QED) is 0.371. The highest BCUT2D eigenvalue weighted by molar-refractivity contribution is 5.90. The predicted octanol–water partition coefficient (Wildman–Crippen LogP) is -1.94. The third-order valence-electron chi connectivity index (χ3n) is 1.90. The molecular formula is C9H17N3O5. The Morgan fingerprint density at radius 3 is 2.24 bits per heavy atom. The molecule has 0 saturated carbocycles. The molecule has 2 atom stereocenters. The Kier molecular flexibility index (Phi) is 6.83. The molecule has 0 rings (SSSR count). The lowest BCUT2D eigenvalue weighted by Crippen LogP contribution is -2.50. The van der Waals surface area contributed by atoms with Crippen LogP contribution in [0.15, 0.2) is 0 Å². The first-order valence-corrected chi connectivity index (χ1v) is 4.91. The first-order valence-electron chi connectivity index (χ1n) is 4.91. The van der Waals surface area contributed by atoms with Gasteiger partial charge in [0.2, 0.25) is 11.8 Å². The molecule has 0 aliphatic carbocycles. The highest BCUT2D eigenvalue weighted by Gasteiger charge is 2.21. The van der Waals surface area contributed by atoms with Crippen molar-refractivity contribution in [3.63, 3.8) is 0 Å². The van der Waals surface area contributed by atoms with E-state index in [2.05, 4.69) is 20.2 Å². The molecule has 0 heterocycles. The fraction of sp³-hybridized carbons (Fsp3) is 0.667. The summed E-state index contributed by atoms with van der Waals surface area (Å²) < 4.78 is 4.43. The number of nitrogens with two attached hydrogens (primary N) is 1. The predicted molar refractivity (Wildman–Crippen MR) is 57.4 cm³/mol. The van der Waals surface area contributed by atoms with Gasteiger partial charge in [0.25, 0.3) is 0 Å². The molecule has 2 amide bonds. The van der Waals surface area contributed by atoms with E-state index in [0.29, 0.717) is 0 Å². The van der Waals surface area contributed by atoms with Gasteiger partial charge < -0.3 is 15.4 Å². The Morgan fingerprint density at radius 2 is 1.76 bits per heavy atom. The summed E-state index contributed by atoms with van der Waals surface area (Å²) in [4.78, 5) is 37.7. The summed E-state index contributed by atoms with van der Waals surface area (Å²) in [6.07, 6.45) is 0. The van der Waals surface area contributed by atoms with Crippen molar-refractivity contribution >= 4 is 17.8 Å². The van der Waals surface area contributed by atoms with E-state index in [-0.39, 0.29) is 6.61 Å². The van der Waals surface area contributed by atoms with E-state index in [1.165, 1.54) is 21.0 Å². The SMILES string of the molecule is COC(=O)[C@H](C)NC(=O)[C@H](C)NC(=O)CON. The molecule has 8 heteroatoms. The first kappa shape index (κ1) is 15.3. The zero-order chi connectivity index (χ0) is 13.4. The van der Waals surface area contributed by atoms with Crippen molar-refractivity contribution < 1.29 is 24.0 Å². The van der Waals surface area contributed by atoms with E-state index in [1.54, 1.807) is 0 Å². The van der Waals surface area contributed by atoms with Crippen molar-refractivity contribution in [1.29, 1.82) is 0 Å². The number of ether oxygens (including phenoxy) is 1. The number of rotatable bonds is 6. The summed E-state index contributed by atoms with van der Waals surface area (Å²) in [5, 5.41) is 4.71. The fourth-order valence-corrected chi connectivity index (χ4v) is 0.998. The van der Waals surface area contributed by atoms with Crippen LogP contribution in [0, 0.1) is 0 Å². The van der Waals surface area contributed by atoms with E-state index in [1.807, 2.05) is 0 Å². The van der Waals surface area contributed by atoms with Crippen LogP contribution in [0.3, 0.4) is 0 Å². The van der Waals surface area contributed by atoms with Crippen molar-refractivity contribution in [3.8, 4) is 0 Å². The third-order valence-corrected chi connectivity index (χ3v) is 1.90. The highest BCUT2D eigenvalue weighted by atomic mass is 16.6. The lowest BCUT2D eigenvalue weighted by molar-refractivity contribution is -0.144. The second-order valence-electron chi connectivity index (χ2n) is 3.35. The summed E-state index contributed by atoms with van der Waals surface area (Å²) in [7, 11) is 1.22. The second kappa shape index (κ2) is 7.58. The molecule has 0 aliphatic rings. The van der Waals surface area contributed by atoms with E-state index < -0.39 is 29.9 Å². The van der Waals surface area contributed by atoms with Gasteiger partial charge in [-0.25, -0.2) is 10.7 Å². The van der Waals surface area contributed by atoms with Crippen LogP contribution in [0.1, 0.15) is 13.8 Å². The van der Waals surface area contributed by atoms with Gasteiger partial charge in [-0.2, -0.15) is 0 Å². The number of methoxy groups -OCH3 is 1. The van der Waals surface area contributed by atoms with Gasteiger partial charge in [-0.3, -0.25) is 14.4 Å². The van der Waals surface area contributed by atoms with Crippen LogP contribution in [0.25, 0.3) is 0 Å².